The highest BCUT2D eigenvalue weighted by Crippen LogP contribution is 2.45. The minimum atomic E-state index is -0.884. The van der Waals surface area contributed by atoms with E-state index in [1.807, 2.05) is 19.9 Å². The normalized spacial score (nSPS) is 20.1. The van der Waals surface area contributed by atoms with Gasteiger partial charge in [0.1, 0.15) is 23.4 Å². The summed E-state index contributed by atoms with van der Waals surface area (Å²) in [5.74, 6) is -0.352. The van der Waals surface area contributed by atoms with E-state index in [1.165, 1.54) is 16.2 Å². The van der Waals surface area contributed by atoms with Crippen LogP contribution in [0.5, 0.6) is 11.5 Å². The van der Waals surface area contributed by atoms with Gasteiger partial charge in [-0.3, -0.25) is 14.5 Å². The molecule has 38 heavy (non-hydrogen) atoms. The number of anilines is 1. The Hall–Kier alpha value is -3.88. The van der Waals surface area contributed by atoms with Gasteiger partial charge in [-0.1, -0.05) is 35.1 Å². The number of ketones is 1. The van der Waals surface area contributed by atoms with Crippen LogP contribution in [-0.2, 0) is 16.0 Å². The van der Waals surface area contributed by atoms with Crippen LogP contribution in [0.2, 0.25) is 5.02 Å². The monoisotopic (exact) mass is 546 g/mol. The molecule has 1 fully saturated rings. The van der Waals surface area contributed by atoms with E-state index in [-0.39, 0.29) is 17.4 Å². The van der Waals surface area contributed by atoms with Gasteiger partial charge in [0, 0.05) is 17.0 Å². The molecule has 9 heteroatoms. The Balaban J connectivity index is 1.51. The zero-order chi connectivity index (χ0) is 26.6. The number of carbonyl (C=O) groups is 2. The number of amides is 1. The van der Waals surface area contributed by atoms with Gasteiger partial charge >= 0.3 is 5.91 Å². The predicted octanol–water partition coefficient (Wildman–Crippen LogP) is 6.30. The molecule has 0 unspecified atom stereocenters. The molecular weight excluding hydrogens is 524 g/mol. The number of halogens is 1. The number of ether oxygens (including phenoxy) is 2. The van der Waals surface area contributed by atoms with Crippen molar-refractivity contribution in [2.75, 3.05) is 11.5 Å². The quantitative estimate of drug-likeness (QED) is 0.179. The van der Waals surface area contributed by atoms with E-state index in [9.17, 15) is 14.7 Å². The smallest absolute Gasteiger partial charge is 0.301 e. The third-order valence-electron chi connectivity index (χ3n) is 6.67. The molecule has 1 amide bonds. The maximum atomic E-state index is 13.5. The third kappa shape index (κ3) is 4.10. The molecule has 1 N–H and O–H groups in total. The van der Waals surface area contributed by atoms with Crippen LogP contribution in [0, 0.1) is 0 Å². The number of thiazole rings is 1. The molecule has 2 aliphatic heterocycles. The highest BCUT2D eigenvalue weighted by Gasteiger charge is 2.48. The molecule has 4 aromatic rings. The van der Waals surface area contributed by atoms with Crippen LogP contribution in [0.3, 0.4) is 0 Å². The topological polar surface area (TPSA) is 89.0 Å². The van der Waals surface area contributed by atoms with E-state index >= 15 is 0 Å². The average Bonchev–Trinajstić information content (AvgIpc) is 3.56. The third-order valence-corrected chi connectivity index (χ3v) is 7.92. The Labute approximate surface area is 227 Å². The van der Waals surface area contributed by atoms with Crippen LogP contribution in [-0.4, -0.2) is 34.5 Å². The van der Waals surface area contributed by atoms with E-state index in [0.29, 0.717) is 45.6 Å². The summed E-state index contributed by atoms with van der Waals surface area (Å²) < 4.78 is 12.1. The number of hydrogen-bond acceptors (Lipinski definition) is 7. The van der Waals surface area contributed by atoms with Crippen molar-refractivity contribution in [3.05, 3.63) is 87.9 Å². The zero-order valence-corrected chi connectivity index (χ0v) is 22.2. The lowest BCUT2D eigenvalue weighted by atomic mass is 9.94. The van der Waals surface area contributed by atoms with Crippen molar-refractivity contribution in [1.82, 2.24) is 4.98 Å². The number of rotatable bonds is 5. The van der Waals surface area contributed by atoms with Crippen molar-refractivity contribution in [3.8, 4) is 11.5 Å². The van der Waals surface area contributed by atoms with E-state index in [0.717, 1.165) is 16.0 Å². The lowest BCUT2D eigenvalue weighted by molar-refractivity contribution is -0.132. The molecular formula is C29H23ClN2O5S. The van der Waals surface area contributed by atoms with Gasteiger partial charge in [-0.15, -0.1) is 0 Å². The number of benzene rings is 3. The Morgan fingerprint density at radius 2 is 1.95 bits per heavy atom. The fourth-order valence-corrected chi connectivity index (χ4v) is 6.24. The second-order valence-electron chi connectivity index (χ2n) is 9.23. The molecule has 0 radical (unpaired) electrons. The number of nitrogens with zero attached hydrogens (tertiary/aromatic N) is 2. The maximum Gasteiger partial charge on any atom is 0.301 e. The first-order valence-electron chi connectivity index (χ1n) is 12.2. The van der Waals surface area contributed by atoms with Crippen molar-refractivity contribution in [2.45, 2.75) is 32.4 Å². The molecule has 3 heterocycles. The molecule has 7 nitrogen and oxygen atoms in total. The predicted molar refractivity (Wildman–Crippen MR) is 147 cm³/mol. The number of aromatic nitrogens is 1. The standard InChI is InChI=1S/C29H23ClN2O5S/c1-3-36-20-8-4-16(5-9-20)25-24(26(33)17-6-11-22-18(13-17)12-15(2)37-22)27(34)28(35)32(25)29-31-21-10-7-19(30)14-23(21)38-29/h4-11,13-15,25,33H,3,12H2,1-2H3/b26-24+/t15-,25-/m0/s1. The minimum Gasteiger partial charge on any atom is -0.507 e. The van der Waals surface area contributed by atoms with Gasteiger partial charge in [-0.2, -0.15) is 0 Å². The lowest BCUT2D eigenvalue weighted by Crippen LogP contribution is -2.29. The molecule has 3 aromatic carbocycles. The highest BCUT2D eigenvalue weighted by atomic mass is 35.5. The lowest BCUT2D eigenvalue weighted by Gasteiger charge is -2.23. The summed E-state index contributed by atoms with van der Waals surface area (Å²) in [6.07, 6.45) is 0.728. The van der Waals surface area contributed by atoms with Crippen molar-refractivity contribution in [2.24, 2.45) is 0 Å². The summed E-state index contributed by atoms with van der Waals surface area (Å²) in [6.45, 7) is 4.37. The Bertz CT molecular complexity index is 1630. The number of aliphatic hydroxyl groups excluding tert-OH is 1. The van der Waals surface area contributed by atoms with Gasteiger partial charge in [0.05, 0.1) is 28.4 Å². The maximum absolute atomic E-state index is 13.5. The van der Waals surface area contributed by atoms with Crippen LogP contribution in [0.4, 0.5) is 5.13 Å². The van der Waals surface area contributed by atoms with Crippen LogP contribution in [0.15, 0.2) is 66.2 Å². The van der Waals surface area contributed by atoms with E-state index in [1.54, 1.807) is 54.6 Å². The summed E-state index contributed by atoms with van der Waals surface area (Å²) in [4.78, 5) is 33.0. The van der Waals surface area contributed by atoms with Crippen molar-refractivity contribution in [1.29, 1.82) is 0 Å². The van der Waals surface area contributed by atoms with Gasteiger partial charge in [0.2, 0.25) is 0 Å². The molecule has 1 saturated heterocycles. The molecule has 0 saturated carbocycles. The Kier molecular flexibility index (Phi) is 6.08. The van der Waals surface area contributed by atoms with Gasteiger partial charge in [-0.25, -0.2) is 4.98 Å². The van der Waals surface area contributed by atoms with Crippen molar-refractivity contribution in [3.63, 3.8) is 0 Å². The number of carbonyl (C=O) groups excluding carboxylic acids is 2. The molecule has 6 rings (SSSR count). The van der Waals surface area contributed by atoms with Gasteiger partial charge in [0.15, 0.2) is 5.13 Å². The second-order valence-corrected chi connectivity index (χ2v) is 10.7. The van der Waals surface area contributed by atoms with E-state index in [2.05, 4.69) is 4.98 Å². The molecule has 2 aliphatic rings. The van der Waals surface area contributed by atoms with Crippen LogP contribution < -0.4 is 14.4 Å². The molecule has 0 spiro atoms. The number of fused-ring (bicyclic) bond motifs is 2. The van der Waals surface area contributed by atoms with Crippen LogP contribution >= 0.6 is 22.9 Å². The average molecular weight is 547 g/mol. The number of hydrogen-bond donors (Lipinski definition) is 1. The van der Waals surface area contributed by atoms with Gasteiger partial charge in [-0.05, 0) is 73.5 Å². The first-order valence-corrected chi connectivity index (χ1v) is 13.4. The fourth-order valence-electron chi connectivity index (χ4n) is 4.97. The largest absolute Gasteiger partial charge is 0.507 e. The Morgan fingerprint density at radius 1 is 1.16 bits per heavy atom. The van der Waals surface area contributed by atoms with Crippen molar-refractivity contribution < 1.29 is 24.2 Å². The number of aliphatic hydroxyl groups is 1. The van der Waals surface area contributed by atoms with Crippen molar-refractivity contribution >= 4 is 55.7 Å². The SMILES string of the molecule is CCOc1ccc([C@H]2/C(=C(\O)c3ccc4c(c3)C[C@H](C)O4)C(=O)C(=O)N2c2nc3ccc(Cl)cc3s2)cc1. The minimum absolute atomic E-state index is 0.00311. The first-order chi connectivity index (χ1) is 18.3. The second kappa shape index (κ2) is 9.45. The summed E-state index contributed by atoms with van der Waals surface area (Å²) in [5.41, 5.74) is 2.70. The molecule has 0 aliphatic carbocycles. The first kappa shape index (κ1) is 24.5. The summed E-state index contributed by atoms with van der Waals surface area (Å²) in [7, 11) is 0. The zero-order valence-electron chi connectivity index (χ0n) is 20.6. The summed E-state index contributed by atoms with van der Waals surface area (Å²) in [6, 6.07) is 16.8. The molecule has 2 atom stereocenters. The fraction of sp³-hybridized carbons (Fsp3) is 0.207. The molecule has 192 valence electrons. The number of Topliss-reactive ketones (excluding diaryl/α,β-unsaturated/α-hetero) is 1. The summed E-state index contributed by atoms with van der Waals surface area (Å²) in [5, 5.41) is 12.4. The molecule has 1 aromatic heterocycles. The van der Waals surface area contributed by atoms with E-state index < -0.39 is 17.7 Å². The Morgan fingerprint density at radius 3 is 2.71 bits per heavy atom. The summed E-state index contributed by atoms with van der Waals surface area (Å²) >= 11 is 7.43. The van der Waals surface area contributed by atoms with Gasteiger partial charge in [0.25, 0.3) is 5.78 Å². The highest BCUT2D eigenvalue weighted by molar-refractivity contribution is 7.22. The van der Waals surface area contributed by atoms with Crippen LogP contribution in [0.1, 0.15) is 36.6 Å². The molecule has 0 bridgehead atoms. The van der Waals surface area contributed by atoms with E-state index in [4.69, 9.17) is 21.1 Å². The van der Waals surface area contributed by atoms with Crippen LogP contribution in [0.25, 0.3) is 16.0 Å². The van der Waals surface area contributed by atoms with Gasteiger partial charge < -0.3 is 14.6 Å².